The highest BCUT2D eigenvalue weighted by atomic mass is 16.5. The topological polar surface area (TPSA) is 21.3 Å². The van der Waals surface area contributed by atoms with E-state index in [1.54, 1.807) is 0 Å². The minimum atomic E-state index is 0.415. The van der Waals surface area contributed by atoms with Gasteiger partial charge in [0.25, 0.3) is 0 Å². The molecule has 0 aliphatic heterocycles. The average molecular weight is 247 g/mol. The van der Waals surface area contributed by atoms with Crippen molar-refractivity contribution < 1.29 is 4.74 Å². The van der Waals surface area contributed by atoms with Crippen LogP contribution >= 0.6 is 0 Å². The lowest BCUT2D eigenvalue weighted by Crippen LogP contribution is -2.29. The van der Waals surface area contributed by atoms with Crippen LogP contribution in [0.15, 0.2) is 18.2 Å². The first kappa shape index (κ1) is 13.4. The molecule has 1 N–H and O–H groups in total. The molecule has 100 valence electrons. The van der Waals surface area contributed by atoms with Gasteiger partial charge in [-0.3, -0.25) is 0 Å². The number of para-hydroxylation sites is 1. The van der Waals surface area contributed by atoms with Crippen LogP contribution in [-0.2, 0) is 0 Å². The van der Waals surface area contributed by atoms with Gasteiger partial charge in [-0.25, -0.2) is 0 Å². The van der Waals surface area contributed by atoms with Crippen LogP contribution in [0.1, 0.15) is 36.8 Å². The minimum absolute atomic E-state index is 0.415. The first-order valence-corrected chi connectivity index (χ1v) is 7.08. The molecule has 0 amide bonds. The number of benzene rings is 1. The van der Waals surface area contributed by atoms with E-state index in [9.17, 15) is 0 Å². The van der Waals surface area contributed by atoms with Gasteiger partial charge in [0.05, 0.1) is 6.10 Å². The molecule has 1 aliphatic rings. The summed E-state index contributed by atoms with van der Waals surface area (Å²) in [6, 6.07) is 6.37. The highest BCUT2D eigenvalue weighted by molar-refractivity contribution is 5.39. The third kappa shape index (κ3) is 3.26. The number of ether oxygens (including phenoxy) is 1. The van der Waals surface area contributed by atoms with E-state index in [-0.39, 0.29) is 0 Å². The lowest BCUT2D eigenvalue weighted by atomic mass is 9.87. The van der Waals surface area contributed by atoms with Crippen molar-refractivity contribution in [1.29, 1.82) is 0 Å². The maximum Gasteiger partial charge on any atom is 0.125 e. The maximum absolute atomic E-state index is 6.22. The van der Waals surface area contributed by atoms with E-state index < -0.39 is 0 Å². The zero-order valence-corrected chi connectivity index (χ0v) is 11.8. The van der Waals surface area contributed by atoms with Crippen LogP contribution in [0.25, 0.3) is 0 Å². The molecule has 0 radical (unpaired) electrons. The summed E-state index contributed by atoms with van der Waals surface area (Å²) in [5, 5.41) is 3.28. The fraction of sp³-hybridized carbons (Fsp3) is 0.625. The molecule has 1 aromatic carbocycles. The second-order valence-corrected chi connectivity index (χ2v) is 5.54. The molecule has 0 heterocycles. The Balaban J connectivity index is 1.92. The molecule has 2 heteroatoms. The smallest absolute Gasteiger partial charge is 0.125 e. The van der Waals surface area contributed by atoms with Crippen molar-refractivity contribution in [1.82, 2.24) is 5.32 Å². The number of aryl methyl sites for hydroxylation is 2. The normalized spacial score (nSPS) is 23.9. The van der Waals surface area contributed by atoms with Gasteiger partial charge in [-0.05, 0) is 70.2 Å². The van der Waals surface area contributed by atoms with Crippen molar-refractivity contribution >= 4 is 0 Å². The number of hydrogen-bond acceptors (Lipinski definition) is 2. The molecular formula is C16H25NO. The molecule has 0 bridgehead atoms. The van der Waals surface area contributed by atoms with E-state index in [0.29, 0.717) is 6.10 Å². The quantitative estimate of drug-likeness (QED) is 0.879. The molecule has 18 heavy (non-hydrogen) atoms. The first-order valence-electron chi connectivity index (χ1n) is 7.08. The van der Waals surface area contributed by atoms with Crippen molar-refractivity contribution in [2.24, 2.45) is 5.92 Å². The van der Waals surface area contributed by atoms with E-state index in [1.807, 2.05) is 7.05 Å². The summed E-state index contributed by atoms with van der Waals surface area (Å²) in [6.45, 7) is 5.42. The van der Waals surface area contributed by atoms with Gasteiger partial charge < -0.3 is 10.1 Å². The zero-order valence-electron chi connectivity index (χ0n) is 11.8. The molecule has 1 saturated carbocycles. The van der Waals surface area contributed by atoms with Gasteiger partial charge in [-0.1, -0.05) is 18.2 Å². The van der Waals surface area contributed by atoms with Gasteiger partial charge in [-0.15, -0.1) is 0 Å². The van der Waals surface area contributed by atoms with Crippen molar-refractivity contribution in [3.05, 3.63) is 29.3 Å². The molecule has 0 atom stereocenters. The van der Waals surface area contributed by atoms with Crippen LogP contribution in [0.4, 0.5) is 0 Å². The molecule has 0 unspecified atom stereocenters. The summed E-state index contributed by atoms with van der Waals surface area (Å²) in [6.07, 6.45) is 5.38. The minimum Gasteiger partial charge on any atom is -0.490 e. The Morgan fingerprint density at radius 1 is 1.11 bits per heavy atom. The van der Waals surface area contributed by atoms with Crippen LogP contribution in [-0.4, -0.2) is 19.7 Å². The Morgan fingerprint density at radius 3 is 2.28 bits per heavy atom. The maximum atomic E-state index is 6.22. The van der Waals surface area contributed by atoms with Crippen LogP contribution < -0.4 is 10.1 Å². The molecule has 2 rings (SSSR count). The lowest BCUT2D eigenvalue weighted by Gasteiger charge is -2.29. The highest BCUT2D eigenvalue weighted by Crippen LogP contribution is 2.30. The molecular weight excluding hydrogens is 222 g/mol. The van der Waals surface area contributed by atoms with Crippen LogP contribution in [0.5, 0.6) is 5.75 Å². The molecule has 1 fully saturated rings. The SMILES string of the molecule is CNCC1CCC(Oc2c(C)cccc2C)CC1. The summed E-state index contributed by atoms with van der Waals surface area (Å²) < 4.78 is 6.22. The molecule has 2 nitrogen and oxygen atoms in total. The third-order valence-corrected chi connectivity index (χ3v) is 3.98. The van der Waals surface area contributed by atoms with E-state index in [0.717, 1.165) is 18.2 Å². The summed E-state index contributed by atoms with van der Waals surface area (Å²) >= 11 is 0. The van der Waals surface area contributed by atoms with Crippen LogP contribution in [0.2, 0.25) is 0 Å². The van der Waals surface area contributed by atoms with E-state index in [4.69, 9.17) is 4.74 Å². The summed E-state index contributed by atoms with van der Waals surface area (Å²) in [7, 11) is 2.04. The van der Waals surface area contributed by atoms with Gasteiger partial charge >= 0.3 is 0 Å². The molecule has 0 aromatic heterocycles. The molecule has 1 aliphatic carbocycles. The van der Waals surface area contributed by atoms with Crippen molar-refractivity contribution in [2.45, 2.75) is 45.6 Å². The fourth-order valence-corrected chi connectivity index (χ4v) is 2.89. The Labute approximate surface area is 111 Å². The van der Waals surface area contributed by atoms with Crippen molar-refractivity contribution in [3.8, 4) is 5.75 Å². The van der Waals surface area contributed by atoms with Gasteiger partial charge in [0.1, 0.15) is 5.75 Å². The lowest BCUT2D eigenvalue weighted by molar-refractivity contribution is 0.129. The highest BCUT2D eigenvalue weighted by Gasteiger charge is 2.22. The van der Waals surface area contributed by atoms with Gasteiger partial charge in [0.2, 0.25) is 0 Å². The zero-order chi connectivity index (χ0) is 13.0. The van der Waals surface area contributed by atoms with Gasteiger partial charge in [-0.2, -0.15) is 0 Å². The van der Waals surface area contributed by atoms with Gasteiger partial charge in [0.15, 0.2) is 0 Å². The Kier molecular flexibility index (Phi) is 4.65. The number of rotatable bonds is 4. The van der Waals surface area contributed by atoms with E-state index >= 15 is 0 Å². The average Bonchev–Trinajstić information content (AvgIpc) is 2.36. The van der Waals surface area contributed by atoms with Gasteiger partial charge in [0, 0.05) is 0 Å². The van der Waals surface area contributed by atoms with Crippen LogP contribution in [0, 0.1) is 19.8 Å². The number of nitrogens with one attached hydrogen (secondary N) is 1. The molecule has 0 saturated heterocycles. The summed E-state index contributed by atoms with van der Waals surface area (Å²) in [4.78, 5) is 0. The summed E-state index contributed by atoms with van der Waals surface area (Å²) in [5.74, 6) is 1.95. The summed E-state index contributed by atoms with van der Waals surface area (Å²) in [5.41, 5.74) is 2.51. The first-order chi connectivity index (χ1) is 8.70. The Hall–Kier alpha value is -1.02. The molecule has 1 aromatic rings. The third-order valence-electron chi connectivity index (χ3n) is 3.98. The Bertz CT molecular complexity index is 360. The van der Waals surface area contributed by atoms with E-state index in [2.05, 4.69) is 37.4 Å². The fourth-order valence-electron chi connectivity index (χ4n) is 2.89. The number of hydrogen-bond donors (Lipinski definition) is 1. The van der Waals surface area contributed by atoms with Crippen molar-refractivity contribution in [2.75, 3.05) is 13.6 Å². The largest absolute Gasteiger partial charge is 0.490 e. The standard InChI is InChI=1S/C16H25NO/c1-12-5-4-6-13(2)16(12)18-15-9-7-14(8-10-15)11-17-3/h4-6,14-15,17H,7-11H2,1-3H3. The predicted molar refractivity (Wildman–Crippen MR) is 76.2 cm³/mol. The van der Waals surface area contributed by atoms with Crippen LogP contribution in [0.3, 0.4) is 0 Å². The molecule has 0 spiro atoms. The second-order valence-electron chi connectivity index (χ2n) is 5.54. The predicted octanol–water partition coefficient (Wildman–Crippen LogP) is 3.46. The monoisotopic (exact) mass is 247 g/mol. The second kappa shape index (κ2) is 6.24. The Morgan fingerprint density at radius 2 is 1.72 bits per heavy atom. The van der Waals surface area contributed by atoms with Crippen molar-refractivity contribution in [3.63, 3.8) is 0 Å². The van der Waals surface area contributed by atoms with E-state index in [1.165, 1.54) is 36.8 Å².